The number of aryl methyl sites for hydroxylation is 1. The highest BCUT2D eigenvalue weighted by atomic mass is 35.5. The SMILES string of the molecule is CCCCCCCCCCCCCCCc1nc2ncc(C(=O)OCC)c(Cl)n2n1. The minimum Gasteiger partial charge on any atom is -0.462 e. The molecule has 2 aromatic rings. The van der Waals surface area contributed by atoms with Gasteiger partial charge in [-0.3, -0.25) is 0 Å². The maximum Gasteiger partial charge on any atom is 0.342 e. The van der Waals surface area contributed by atoms with Crippen molar-refractivity contribution in [2.24, 2.45) is 0 Å². The number of unbranched alkanes of at least 4 members (excludes halogenated alkanes) is 12. The summed E-state index contributed by atoms with van der Waals surface area (Å²) >= 11 is 6.29. The Labute approximate surface area is 185 Å². The van der Waals surface area contributed by atoms with Crippen LogP contribution in [0.2, 0.25) is 5.15 Å². The number of rotatable bonds is 16. The van der Waals surface area contributed by atoms with E-state index in [1.54, 1.807) is 6.92 Å². The first-order chi connectivity index (χ1) is 14.7. The standard InChI is InChI=1S/C23H37ClN4O2/c1-3-5-6-7-8-9-10-11-12-13-14-15-16-17-20-26-23-25-18-19(22(29)30-4-2)21(24)28(23)27-20/h18H,3-17H2,1-2H3. The van der Waals surface area contributed by atoms with Crippen molar-refractivity contribution in [2.45, 2.75) is 104 Å². The highest BCUT2D eigenvalue weighted by molar-refractivity contribution is 6.32. The van der Waals surface area contributed by atoms with Gasteiger partial charge in [0.1, 0.15) is 5.56 Å². The Morgan fingerprint density at radius 2 is 1.50 bits per heavy atom. The molecule has 168 valence electrons. The average molecular weight is 437 g/mol. The number of halogens is 1. The lowest BCUT2D eigenvalue weighted by Gasteiger charge is -2.03. The molecule has 0 bridgehead atoms. The largest absolute Gasteiger partial charge is 0.462 e. The molecular formula is C23H37ClN4O2. The number of aromatic nitrogens is 4. The molecule has 0 aliphatic carbocycles. The Morgan fingerprint density at radius 1 is 0.933 bits per heavy atom. The predicted molar refractivity (Wildman–Crippen MR) is 121 cm³/mol. The van der Waals surface area contributed by atoms with Crippen LogP contribution in [-0.4, -0.2) is 32.2 Å². The van der Waals surface area contributed by atoms with Crippen molar-refractivity contribution in [3.63, 3.8) is 0 Å². The van der Waals surface area contributed by atoms with Crippen LogP contribution < -0.4 is 0 Å². The normalized spacial score (nSPS) is 11.3. The Balaban J connectivity index is 1.60. The first kappa shape index (κ1) is 24.6. The van der Waals surface area contributed by atoms with Crippen molar-refractivity contribution in [2.75, 3.05) is 6.61 Å². The van der Waals surface area contributed by atoms with Crippen LogP contribution in [0.5, 0.6) is 0 Å². The van der Waals surface area contributed by atoms with Gasteiger partial charge in [-0.05, 0) is 13.3 Å². The van der Waals surface area contributed by atoms with E-state index in [1.165, 1.54) is 87.8 Å². The summed E-state index contributed by atoms with van der Waals surface area (Å²) in [6.07, 6.45) is 19.5. The number of fused-ring (bicyclic) bond motifs is 1. The summed E-state index contributed by atoms with van der Waals surface area (Å²) in [4.78, 5) is 20.5. The van der Waals surface area contributed by atoms with Crippen molar-refractivity contribution in [1.82, 2.24) is 19.6 Å². The molecule has 0 radical (unpaired) electrons. The summed E-state index contributed by atoms with van der Waals surface area (Å²) in [7, 11) is 0. The number of nitrogens with zero attached hydrogens (tertiary/aromatic N) is 4. The van der Waals surface area contributed by atoms with Crippen LogP contribution in [-0.2, 0) is 11.2 Å². The summed E-state index contributed by atoms with van der Waals surface area (Å²) in [6, 6.07) is 0. The summed E-state index contributed by atoms with van der Waals surface area (Å²) in [5.74, 6) is 0.636. The third-order valence-electron chi connectivity index (χ3n) is 5.35. The fraction of sp³-hybridized carbons (Fsp3) is 0.739. The molecule has 2 rings (SSSR count). The summed E-state index contributed by atoms with van der Waals surface area (Å²) in [5, 5.41) is 4.61. The fourth-order valence-electron chi connectivity index (χ4n) is 3.60. The summed E-state index contributed by atoms with van der Waals surface area (Å²) in [5.41, 5.74) is 0.212. The van der Waals surface area contributed by atoms with E-state index in [4.69, 9.17) is 16.3 Å². The van der Waals surface area contributed by atoms with E-state index in [9.17, 15) is 4.79 Å². The monoisotopic (exact) mass is 436 g/mol. The van der Waals surface area contributed by atoms with E-state index in [0.29, 0.717) is 11.6 Å². The number of esters is 1. The number of ether oxygens (including phenoxy) is 1. The van der Waals surface area contributed by atoms with E-state index in [2.05, 4.69) is 22.0 Å². The molecular weight excluding hydrogens is 400 g/mol. The zero-order chi connectivity index (χ0) is 21.6. The van der Waals surface area contributed by atoms with Gasteiger partial charge in [-0.1, -0.05) is 95.6 Å². The molecule has 0 N–H and O–H groups in total. The summed E-state index contributed by atoms with van der Waals surface area (Å²) in [6.45, 7) is 4.31. The van der Waals surface area contributed by atoms with E-state index in [-0.39, 0.29) is 17.3 Å². The zero-order valence-corrected chi connectivity index (χ0v) is 19.4. The second kappa shape index (κ2) is 14.3. The van der Waals surface area contributed by atoms with Crippen molar-refractivity contribution in [1.29, 1.82) is 0 Å². The van der Waals surface area contributed by atoms with Crippen LogP contribution in [0, 0.1) is 0 Å². The van der Waals surface area contributed by atoms with Gasteiger partial charge in [-0.2, -0.15) is 9.50 Å². The third kappa shape index (κ3) is 8.21. The van der Waals surface area contributed by atoms with Crippen molar-refractivity contribution in [3.8, 4) is 0 Å². The molecule has 0 aliphatic heterocycles. The topological polar surface area (TPSA) is 69.4 Å². The molecule has 0 saturated heterocycles. The summed E-state index contributed by atoms with van der Waals surface area (Å²) < 4.78 is 6.41. The molecule has 7 heteroatoms. The number of hydrogen-bond acceptors (Lipinski definition) is 5. The number of carbonyl (C=O) groups excluding carboxylic acids is 1. The minimum absolute atomic E-state index is 0.197. The number of carbonyl (C=O) groups is 1. The van der Waals surface area contributed by atoms with Crippen LogP contribution in [0.4, 0.5) is 0 Å². The molecule has 6 nitrogen and oxygen atoms in total. The molecule has 2 aromatic heterocycles. The molecule has 0 aromatic carbocycles. The lowest BCUT2D eigenvalue weighted by atomic mass is 10.0. The third-order valence-corrected chi connectivity index (χ3v) is 5.71. The second-order valence-electron chi connectivity index (χ2n) is 7.92. The maximum atomic E-state index is 11.9. The molecule has 0 unspecified atom stereocenters. The van der Waals surface area contributed by atoms with Crippen molar-refractivity contribution < 1.29 is 9.53 Å². The van der Waals surface area contributed by atoms with E-state index >= 15 is 0 Å². The lowest BCUT2D eigenvalue weighted by molar-refractivity contribution is 0.0525. The molecule has 30 heavy (non-hydrogen) atoms. The van der Waals surface area contributed by atoms with E-state index in [1.807, 2.05) is 0 Å². The highest BCUT2D eigenvalue weighted by Crippen LogP contribution is 2.18. The Kier molecular flexibility index (Phi) is 11.7. The first-order valence-corrected chi connectivity index (χ1v) is 12.1. The average Bonchev–Trinajstić information content (AvgIpc) is 3.16. The van der Waals surface area contributed by atoms with Gasteiger partial charge in [0.05, 0.1) is 6.61 Å². The molecule has 0 fully saturated rings. The number of hydrogen-bond donors (Lipinski definition) is 0. The predicted octanol–water partition coefficient (Wildman–Crippen LogP) is 6.59. The van der Waals surface area contributed by atoms with Crippen LogP contribution in [0.3, 0.4) is 0 Å². The van der Waals surface area contributed by atoms with Gasteiger partial charge < -0.3 is 4.74 Å². The van der Waals surface area contributed by atoms with Crippen LogP contribution in [0.1, 0.15) is 114 Å². The first-order valence-electron chi connectivity index (χ1n) is 11.7. The lowest BCUT2D eigenvalue weighted by Crippen LogP contribution is -2.09. The Bertz CT molecular complexity index is 763. The van der Waals surface area contributed by atoms with Gasteiger partial charge in [0.25, 0.3) is 5.78 Å². The fourth-order valence-corrected chi connectivity index (χ4v) is 3.84. The molecule has 0 atom stereocenters. The van der Waals surface area contributed by atoms with E-state index in [0.717, 1.165) is 12.8 Å². The second-order valence-corrected chi connectivity index (χ2v) is 8.27. The van der Waals surface area contributed by atoms with Gasteiger partial charge in [0.15, 0.2) is 11.0 Å². The zero-order valence-electron chi connectivity index (χ0n) is 18.7. The van der Waals surface area contributed by atoms with Crippen LogP contribution in [0.15, 0.2) is 6.20 Å². The highest BCUT2D eigenvalue weighted by Gasteiger charge is 2.17. The smallest absolute Gasteiger partial charge is 0.342 e. The molecule has 2 heterocycles. The van der Waals surface area contributed by atoms with Gasteiger partial charge in [0, 0.05) is 12.6 Å². The molecule has 0 saturated carbocycles. The maximum absolute atomic E-state index is 11.9. The van der Waals surface area contributed by atoms with Crippen LogP contribution >= 0.6 is 11.6 Å². The van der Waals surface area contributed by atoms with E-state index < -0.39 is 5.97 Å². The molecule has 0 spiro atoms. The quantitative estimate of drug-likeness (QED) is 0.168. The van der Waals surface area contributed by atoms with Gasteiger partial charge in [0.2, 0.25) is 0 Å². The molecule has 0 amide bonds. The Hall–Kier alpha value is -1.69. The van der Waals surface area contributed by atoms with Crippen molar-refractivity contribution >= 4 is 23.3 Å². The minimum atomic E-state index is -0.495. The molecule has 0 aliphatic rings. The Morgan fingerprint density at radius 3 is 2.07 bits per heavy atom. The van der Waals surface area contributed by atoms with Gasteiger partial charge in [-0.15, -0.1) is 5.10 Å². The van der Waals surface area contributed by atoms with Crippen molar-refractivity contribution in [3.05, 3.63) is 22.7 Å². The van der Waals surface area contributed by atoms with Gasteiger partial charge in [-0.25, -0.2) is 9.78 Å². The van der Waals surface area contributed by atoms with Gasteiger partial charge >= 0.3 is 5.97 Å². The van der Waals surface area contributed by atoms with Crippen LogP contribution in [0.25, 0.3) is 5.78 Å².